The van der Waals surface area contributed by atoms with Crippen molar-refractivity contribution in [2.75, 3.05) is 13.1 Å². The van der Waals surface area contributed by atoms with Crippen LogP contribution in [0, 0.1) is 13.8 Å². The van der Waals surface area contributed by atoms with E-state index in [1.54, 1.807) is 0 Å². The summed E-state index contributed by atoms with van der Waals surface area (Å²) in [6.45, 7) is 5.28. The highest BCUT2D eigenvalue weighted by Crippen LogP contribution is 2.27. The highest BCUT2D eigenvalue weighted by atomic mass is 16.2. The molecule has 5 rings (SSSR count). The maximum Gasteiger partial charge on any atom is 0.253 e. The van der Waals surface area contributed by atoms with Crippen LogP contribution in [0.5, 0.6) is 0 Å². The van der Waals surface area contributed by atoms with Crippen molar-refractivity contribution in [2.24, 2.45) is 0 Å². The van der Waals surface area contributed by atoms with Gasteiger partial charge in [0.05, 0.1) is 22.4 Å². The van der Waals surface area contributed by atoms with E-state index in [1.165, 1.54) is 0 Å². The van der Waals surface area contributed by atoms with Gasteiger partial charge in [-0.05, 0) is 57.0 Å². The third-order valence-electron chi connectivity index (χ3n) is 5.74. The molecule has 1 atom stereocenters. The number of hydrogen-bond acceptors (Lipinski definition) is 5. The van der Waals surface area contributed by atoms with Gasteiger partial charge in [0.2, 0.25) is 0 Å². The van der Waals surface area contributed by atoms with Gasteiger partial charge in [0.15, 0.2) is 5.65 Å². The number of hydrogen-bond donors (Lipinski definition) is 0. The summed E-state index contributed by atoms with van der Waals surface area (Å²) < 4.78 is 2.02. The predicted octanol–water partition coefficient (Wildman–Crippen LogP) is 3.31. The van der Waals surface area contributed by atoms with Crippen molar-refractivity contribution in [1.29, 1.82) is 0 Å². The summed E-state index contributed by atoms with van der Waals surface area (Å²) in [5.41, 5.74) is 4.87. The number of carbonyl (C=O) groups excluding carboxylic acids is 1. The second-order valence-corrected chi connectivity index (χ2v) is 7.68. The van der Waals surface area contributed by atoms with Crippen LogP contribution in [0.3, 0.4) is 0 Å². The van der Waals surface area contributed by atoms with E-state index < -0.39 is 0 Å². The predicted molar refractivity (Wildman–Crippen MR) is 110 cm³/mol. The first-order valence-corrected chi connectivity index (χ1v) is 9.94. The zero-order chi connectivity index (χ0) is 20.0. The van der Waals surface area contributed by atoms with Gasteiger partial charge >= 0.3 is 0 Å². The molecule has 1 amide bonds. The number of benzene rings is 1. The molecule has 1 unspecified atom stereocenters. The number of aryl methyl sites for hydroxylation is 2. The molecule has 1 aliphatic heterocycles. The van der Waals surface area contributed by atoms with Crippen LogP contribution >= 0.6 is 0 Å². The Kier molecular flexibility index (Phi) is 4.23. The molecule has 0 radical (unpaired) electrons. The molecular weight excluding hydrogens is 364 g/mol. The summed E-state index contributed by atoms with van der Waals surface area (Å²) in [6.07, 6.45) is 3.93. The van der Waals surface area contributed by atoms with E-state index in [-0.39, 0.29) is 11.8 Å². The van der Waals surface area contributed by atoms with Crippen LogP contribution < -0.4 is 0 Å². The fourth-order valence-corrected chi connectivity index (χ4v) is 4.06. The molecule has 0 aliphatic carbocycles. The average Bonchev–Trinajstić information content (AvgIpc) is 3.18. The fourth-order valence-electron chi connectivity index (χ4n) is 4.06. The topological polar surface area (TPSA) is 76.3 Å². The molecule has 0 bridgehead atoms. The molecule has 1 fully saturated rings. The Hall–Kier alpha value is -3.35. The zero-order valence-corrected chi connectivity index (χ0v) is 16.5. The number of aromatic nitrogens is 5. The van der Waals surface area contributed by atoms with Gasteiger partial charge in [-0.25, -0.2) is 9.97 Å². The van der Waals surface area contributed by atoms with Crippen LogP contribution in [0.1, 0.15) is 46.3 Å². The summed E-state index contributed by atoms with van der Waals surface area (Å²) >= 11 is 0. The Morgan fingerprint density at radius 3 is 2.72 bits per heavy atom. The molecule has 4 aromatic rings. The molecule has 1 aromatic carbocycles. The largest absolute Gasteiger partial charge is 0.338 e. The van der Waals surface area contributed by atoms with Gasteiger partial charge in [-0.1, -0.05) is 6.07 Å². The standard InChI is InChI=1S/C22H22N6O/c1-14-15(2)24-19-12-16(8-9-18(19)23-14)22(29)27-10-5-6-17(13-27)21-26-25-20-7-3-4-11-28(20)21/h3-4,7-9,11-12,17H,5-6,10,13H2,1-2H3. The Bertz CT molecular complexity index is 1230. The first-order chi connectivity index (χ1) is 14.1. The molecular formula is C22H22N6O. The highest BCUT2D eigenvalue weighted by molar-refractivity contribution is 5.97. The van der Waals surface area contributed by atoms with Crippen LogP contribution in [0.2, 0.25) is 0 Å². The first kappa shape index (κ1) is 17.7. The second kappa shape index (κ2) is 6.92. The molecule has 7 heteroatoms. The minimum Gasteiger partial charge on any atom is -0.338 e. The molecule has 1 aliphatic rings. The number of piperidine rings is 1. The van der Waals surface area contributed by atoms with Crippen molar-refractivity contribution in [3.63, 3.8) is 0 Å². The summed E-state index contributed by atoms with van der Waals surface area (Å²) in [5, 5.41) is 8.67. The van der Waals surface area contributed by atoms with Crippen molar-refractivity contribution < 1.29 is 4.79 Å². The van der Waals surface area contributed by atoms with Crippen molar-refractivity contribution >= 4 is 22.6 Å². The molecule has 146 valence electrons. The number of rotatable bonds is 2. The average molecular weight is 386 g/mol. The Labute approximate surface area is 168 Å². The Balaban J connectivity index is 1.42. The number of pyridine rings is 1. The van der Waals surface area contributed by atoms with Crippen molar-refractivity contribution in [1.82, 2.24) is 29.5 Å². The summed E-state index contributed by atoms with van der Waals surface area (Å²) in [4.78, 5) is 24.3. The lowest BCUT2D eigenvalue weighted by molar-refractivity contribution is 0.0704. The monoisotopic (exact) mass is 386 g/mol. The molecule has 29 heavy (non-hydrogen) atoms. The van der Waals surface area contributed by atoms with E-state index in [4.69, 9.17) is 0 Å². The molecule has 3 aromatic heterocycles. The summed E-state index contributed by atoms with van der Waals surface area (Å²) in [7, 11) is 0. The van der Waals surface area contributed by atoms with Crippen LogP contribution in [0.25, 0.3) is 16.7 Å². The fraction of sp³-hybridized carbons (Fsp3) is 0.318. The second-order valence-electron chi connectivity index (χ2n) is 7.68. The lowest BCUT2D eigenvalue weighted by atomic mass is 9.96. The van der Waals surface area contributed by atoms with Crippen LogP contribution in [0.4, 0.5) is 0 Å². The van der Waals surface area contributed by atoms with Gasteiger partial charge in [0.1, 0.15) is 5.82 Å². The maximum absolute atomic E-state index is 13.2. The quantitative estimate of drug-likeness (QED) is 0.528. The number of fused-ring (bicyclic) bond motifs is 2. The molecule has 7 nitrogen and oxygen atoms in total. The zero-order valence-electron chi connectivity index (χ0n) is 16.5. The van der Waals surface area contributed by atoms with Crippen LogP contribution in [-0.4, -0.2) is 48.5 Å². The third kappa shape index (κ3) is 3.12. The van der Waals surface area contributed by atoms with Crippen LogP contribution in [0.15, 0.2) is 42.6 Å². The van der Waals surface area contributed by atoms with Gasteiger partial charge < -0.3 is 4.90 Å². The minimum absolute atomic E-state index is 0.0328. The number of likely N-dealkylation sites (tertiary alicyclic amines) is 1. The van der Waals surface area contributed by atoms with Gasteiger partial charge in [0, 0.05) is 30.8 Å². The summed E-state index contributed by atoms with van der Waals surface area (Å²) in [6, 6.07) is 11.5. The van der Waals surface area contributed by atoms with Gasteiger partial charge in [-0.3, -0.25) is 9.20 Å². The minimum atomic E-state index is 0.0328. The van der Waals surface area contributed by atoms with Gasteiger partial charge in [-0.15, -0.1) is 10.2 Å². The Morgan fingerprint density at radius 2 is 1.86 bits per heavy atom. The maximum atomic E-state index is 13.2. The van der Waals surface area contributed by atoms with Crippen molar-refractivity contribution in [3.05, 3.63) is 65.4 Å². The lowest BCUT2D eigenvalue weighted by Gasteiger charge is -2.32. The van der Waals surface area contributed by atoms with E-state index in [0.29, 0.717) is 12.1 Å². The van der Waals surface area contributed by atoms with Crippen molar-refractivity contribution in [3.8, 4) is 0 Å². The molecule has 0 spiro atoms. The summed E-state index contributed by atoms with van der Waals surface area (Å²) in [5.74, 6) is 1.13. The Morgan fingerprint density at radius 1 is 1.03 bits per heavy atom. The number of carbonyl (C=O) groups is 1. The molecule has 0 N–H and O–H groups in total. The first-order valence-electron chi connectivity index (χ1n) is 9.94. The smallest absolute Gasteiger partial charge is 0.253 e. The highest BCUT2D eigenvalue weighted by Gasteiger charge is 2.28. The van der Waals surface area contributed by atoms with E-state index in [0.717, 1.165) is 53.3 Å². The van der Waals surface area contributed by atoms with Gasteiger partial charge in [-0.2, -0.15) is 0 Å². The van der Waals surface area contributed by atoms with E-state index >= 15 is 0 Å². The van der Waals surface area contributed by atoms with E-state index in [2.05, 4.69) is 20.2 Å². The molecule has 0 saturated carbocycles. The lowest BCUT2D eigenvalue weighted by Crippen LogP contribution is -2.39. The van der Waals surface area contributed by atoms with E-state index in [9.17, 15) is 4.79 Å². The van der Waals surface area contributed by atoms with Crippen molar-refractivity contribution in [2.45, 2.75) is 32.6 Å². The molecule has 1 saturated heterocycles. The van der Waals surface area contributed by atoms with E-state index in [1.807, 2.05) is 65.7 Å². The number of nitrogens with zero attached hydrogens (tertiary/aromatic N) is 6. The number of amides is 1. The normalized spacial score (nSPS) is 17.2. The van der Waals surface area contributed by atoms with Gasteiger partial charge in [0.25, 0.3) is 5.91 Å². The molecule has 4 heterocycles. The SMILES string of the molecule is Cc1nc2ccc(C(=O)N3CCCC(c4nnc5ccccn45)C3)cc2nc1C. The third-order valence-corrected chi connectivity index (χ3v) is 5.74. The van der Waals surface area contributed by atoms with Crippen LogP contribution in [-0.2, 0) is 0 Å².